The molecule has 1 aromatic carbocycles. The monoisotopic (exact) mass is 348 g/mol. The van der Waals surface area contributed by atoms with Crippen LogP contribution < -0.4 is 0 Å². The topological polar surface area (TPSA) is 55.1 Å². The Kier molecular flexibility index (Phi) is 3.72. The van der Waals surface area contributed by atoms with Gasteiger partial charge in [-0.25, -0.2) is 0 Å². The Morgan fingerprint density at radius 3 is 2.76 bits per heavy atom. The van der Waals surface area contributed by atoms with E-state index in [2.05, 4.69) is 15.1 Å². The van der Waals surface area contributed by atoms with E-state index in [1.165, 1.54) is 0 Å². The first-order chi connectivity index (χ1) is 11.9. The highest BCUT2D eigenvalue weighted by molar-refractivity contribution is 5.92. The van der Waals surface area contributed by atoms with E-state index >= 15 is 0 Å². The van der Waals surface area contributed by atoms with E-state index < -0.39 is 18.0 Å². The third kappa shape index (κ3) is 2.86. The van der Waals surface area contributed by atoms with Crippen LogP contribution in [0, 0.1) is 5.92 Å². The van der Waals surface area contributed by atoms with Gasteiger partial charge in [0.05, 0.1) is 11.8 Å². The maximum atomic E-state index is 13.3. The molecule has 1 saturated heterocycles. The molecule has 2 aromatic heterocycles. The Bertz CT molecular complexity index is 903. The lowest BCUT2D eigenvalue weighted by molar-refractivity contribution is -0.175. The van der Waals surface area contributed by atoms with Crippen molar-refractivity contribution < 1.29 is 17.7 Å². The van der Waals surface area contributed by atoms with Gasteiger partial charge in [-0.3, -0.25) is 4.98 Å². The molecule has 130 valence electrons. The van der Waals surface area contributed by atoms with E-state index in [0.717, 1.165) is 10.8 Å². The van der Waals surface area contributed by atoms with Crippen molar-refractivity contribution in [2.24, 2.45) is 5.92 Å². The number of pyridine rings is 1. The summed E-state index contributed by atoms with van der Waals surface area (Å²) in [7, 11) is 1.66. The molecule has 1 fully saturated rings. The molecular weight excluding hydrogens is 333 g/mol. The van der Waals surface area contributed by atoms with Gasteiger partial charge < -0.3 is 9.42 Å². The van der Waals surface area contributed by atoms with Crippen LogP contribution in [-0.2, 0) is 0 Å². The van der Waals surface area contributed by atoms with Gasteiger partial charge >= 0.3 is 6.18 Å². The lowest BCUT2D eigenvalue weighted by Crippen LogP contribution is -2.29. The van der Waals surface area contributed by atoms with Gasteiger partial charge in [-0.2, -0.15) is 18.2 Å². The SMILES string of the molecule is CN1CC(c2nc(-c3nccc4ccccc34)no2)C(C(F)(F)F)C1. The van der Waals surface area contributed by atoms with E-state index in [-0.39, 0.29) is 24.8 Å². The van der Waals surface area contributed by atoms with Gasteiger partial charge in [0, 0.05) is 24.7 Å². The smallest absolute Gasteiger partial charge is 0.339 e. The first-order valence-corrected chi connectivity index (χ1v) is 7.86. The number of hydrogen-bond acceptors (Lipinski definition) is 5. The highest BCUT2D eigenvalue weighted by Gasteiger charge is 2.51. The normalized spacial score (nSPS) is 21.9. The Morgan fingerprint density at radius 1 is 1.16 bits per heavy atom. The maximum absolute atomic E-state index is 13.3. The molecule has 1 aliphatic rings. The number of halogens is 3. The average Bonchev–Trinajstić information content (AvgIpc) is 3.20. The van der Waals surface area contributed by atoms with Gasteiger partial charge in [-0.15, -0.1) is 0 Å². The highest BCUT2D eigenvalue weighted by atomic mass is 19.4. The van der Waals surface area contributed by atoms with Crippen LogP contribution in [0.5, 0.6) is 0 Å². The number of benzene rings is 1. The summed E-state index contributed by atoms with van der Waals surface area (Å²) >= 11 is 0. The third-order valence-electron chi connectivity index (χ3n) is 4.57. The summed E-state index contributed by atoms with van der Waals surface area (Å²) < 4.78 is 45.0. The van der Waals surface area contributed by atoms with E-state index in [0.29, 0.717) is 5.69 Å². The molecule has 2 atom stereocenters. The molecule has 0 radical (unpaired) electrons. The predicted octanol–water partition coefficient (Wildman–Crippen LogP) is 3.49. The molecule has 2 unspecified atom stereocenters. The van der Waals surface area contributed by atoms with Gasteiger partial charge in [-0.1, -0.05) is 29.4 Å². The van der Waals surface area contributed by atoms with E-state index in [9.17, 15) is 13.2 Å². The molecule has 1 aliphatic heterocycles. The van der Waals surface area contributed by atoms with Crippen molar-refractivity contribution in [1.82, 2.24) is 20.0 Å². The summed E-state index contributed by atoms with van der Waals surface area (Å²) in [6.07, 6.45) is -2.68. The van der Waals surface area contributed by atoms with Crippen LogP contribution in [0.15, 0.2) is 41.1 Å². The van der Waals surface area contributed by atoms with Crippen LogP contribution >= 0.6 is 0 Å². The van der Waals surface area contributed by atoms with Crippen molar-refractivity contribution >= 4 is 10.8 Å². The maximum Gasteiger partial charge on any atom is 0.393 e. The molecule has 8 heteroatoms. The largest absolute Gasteiger partial charge is 0.393 e. The van der Waals surface area contributed by atoms with Crippen LogP contribution in [0.3, 0.4) is 0 Å². The molecule has 5 nitrogen and oxygen atoms in total. The van der Waals surface area contributed by atoms with Crippen molar-refractivity contribution in [2.75, 3.05) is 20.1 Å². The average molecular weight is 348 g/mol. The lowest BCUT2D eigenvalue weighted by Gasteiger charge is -2.18. The van der Waals surface area contributed by atoms with Crippen molar-refractivity contribution in [1.29, 1.82) is 0 Å². The second-order valence-electron chi connectivity index (χ2n) is 6.31. The van der Waals surface area contributed by atoms with Gasteiger partial charge in [-0.05, 0) is 18.5 Å². The zero-order valence-corrected chi connectivity index (χ0v) is 13.4. The molecule has 4 rings (SSSR count). The van der Waals surface area contributed by atoms with Gasteiger partial charge in [0.1, 0.15) is 5.69 Å². The summed E-state index contributed by atoms with van der Waals surface area (Å²) in [6, 6.07) is 9.41. The van der Waals surface area contributed by atoms with Gasteiger partial charge in [0.2, 0.25) is 11.7 Å². The highest BCUT2D eigenvalue weighted by Crippen LogP contribution is 2.42. The van der Waals surface area contributed by atoms with Crippen molar-refractivity contribution in [3.05, 3.63) is 42.4 Å². The zero-order chi connectivity index (χ0) is 17.6. The number of likely N-dealkylation sites (N-methyl/N-ethyl adjacent to an activating group) is 1. The van der Waals surface area contributed by atoms with Crippen molar-refractivity contribution in [3.63, 3.8) is 0 Å². The molecule has 0 aliphatic carbocycles. The van der Waals surface area contributed by atoms with Crippen LogP contribution in [-0.4, -0.2) is 46.3 Å². The lowest BCUT2D eigenvalue weighted by atomic mass is 9.95. The Labute approximate surface area is 141 Å². The molecule has 0 bridgehead atoms. The molecule has 3 heterocycles. The number of likely N-dealkylation sites (tertiary alicyclic amines) is 1. The molecular formula is C17H15F3N4O. The van der Waals surface area contributed by atoms with Gasteiger partial charge in [0.15, 0.2) is 0 Å². The van der Waals surface area contributed by atoms with E-state index in [1.807, 2.05) is 30.3 Å². The Balaban J connectivity index is 1.73. The summed E-state index contributed by atoms with van der Waals surface area (Å²) in [4.78, 5) is 10.2. The number of rotatable bonds is 2. The number of nitrogens with zero attached hydrogens (tertiary/aromatic N) is 4. The fourth-order valence-corrected chi connectivity index (χ4v) is 3.36. The standard InChI is InChI=1S/C17H15F3N4O/c1-24-8-12(13(9-24)17(18,19)20)16-22-15(23-25-16)14-11-5-3-2-4-10(11)6-7-21-14/h2-7,12-13H,8-9H2,1H3. The zero-order valence-electron chi connectivity index (χ0n) is 13.4. The Hall–Kier alpha value is -2.48. The van der Waals surface area contributed by atoms with Crippen LogP contribution in [0.1, 0.15) is 11.8 Å². The second-order valence-corrected chi connectivity index (χ2v) is 6.31. The molecule has 0 N–H and O–H groups in total. The number of aromatic nitrogens is 3. The summed E-state index contributed by atoms with van der Waals surface area (Å²) in [5.74, 6) is -2.15. The Morgan fingerprint density at radius 2 is 1.96 bits per heavy atom. The third-order valence-corrected chi connectivity index (χ3v) is 4.57. The molecule has 25 heavy (non-hydrogen) atoms. The van der Waals surface area contributed by atoms with Gasteiger partial charge in [0.25, 0.3) is 0 Å². The van der Waals surface area contributed by atoms with Crippen LogP contribution in [0.4, 0.5) is 13.2 Å². The van der Waals surface area contributed by atoms with Crippen LogP contribution in [0.2, 0.25) is 0 Å². The fourth-order valence-electron chi connectivity index (χ4n) is 3.36. The minimum Gasteiger partial charge on any atom is -0.339 e. The number of alkyl halides is 3. The minimum absolute atomic E-state index is 0.0106. The summed E-state index contributed by atoms with van der Waals surface area (Å²) in [5.41, 5.74) is 0.503. The molecule has 0 saturated carbocycles. The predicted molar refractivity (Wildman–Crippen MR) is 84.8 cm³/mol. The van der Waals surface area contributed by atoms with E-state index in [1.54, 1.807) is 18.1 Å². The fraction of sp³-hybridized carbons (Fsp3) is 0.353. The van der Waals surface area contributed by atoms with Crippen molar-refractivity contribution in [2.45, 2.75) is 12.1 Å². The summed E-state index contributed by atoms with van der Waals surface area (Å²) in [5, 5.41) is 5.67. The van der Waals surface area contributed by atoms with E-state index in [4.69, 9.17) is 4.52 Å². The first-order valence-electron chi connectivity index (χ1n) is 7.86. The quantitative estimate of drug-likeness (QED) is 0.710. The number of hydrogen-bond donors (Lipinski definition) is 0. The molecule has 0 amide bonds. The second kappa shape index (κ2) is 5.80. The molecule has 0 spiro atoms. The molecule has 3 aromatic rings. The number of fused-ring (bicyclic) bond motifs is 1. The van der Waals surface area contributed by atoms with Crippen LogP contribution in [0.25, 0.3) is 22.3 Å². The van der Waals surface area contributed by atoms with Crippen molar-refractivity contribution in [3.8, 4) is 11.5 Å². The minimum atomic E-state index is -4.30. The summed E-state index contributed by atoms with van der Waals surface area (Å²) in [6.45, 7) is 0.160. The first kappa shape index (κ1) is 16.0.